The van der Waals surface area contributed by atoms with Crippen molar-refractivity contribution in [1.82, 2.24) is 14.5 Å². The number of benzene rings is 3. The number of ether oxygens (including phenoxy) is 1. The molecule has 0 N–H and O–H groups in total. The number of halogens is 1. The highest BCUT2D eigenvalue weighted by Gasteiger charge is 2.28. The molecule has 0 atom stereocenters. The average Bonchev–Trinajstić information content (AvgIpc) is 3.23. The van der Waals surface area contributed by atoms with Crippen LogP contribution in [0.3, 0.4) is 0 Å². The Kier molecular flexibility index (Phi) is 5.38. The second kappa shape index (κ2) is 8.73. The molecule has 6 heteroatoms. The lowest BCUT2D eigenvalue weighted by Gasteiger charge is -2.22. The van der Waals surface area contributed by atoms with Crippen LogP contribution in [0.25, 0.3) is 27.5 Å². The van der Waals surface area contributed by atoms with Crippen molar-refractivity contribution in [2.24, 2.45) is 0 Å². The van der Waals surface area contributed by atoms with Crippen LogP contribution in [0.4, 0.5) is 4.39 Å². The van der Waals surface area contributed by atoms with Crippen LogP contribution in [0, 0.1) is 5.82 Å². The molecule has 6 aromatic rings. The Balaban J connectivity index is 1.57. The zero-order valence-electron chi connectivity index (χ0n) is 20.0. The summed E-state index contributed by atoms with van der Waals surface area (Å²) in [6.45, 7) is 4.65. The summed E-state index contributed by atoms with van der Waals surface area (Å²) in [6, 6.07) is 31.1. The zero-order chi connectivity index (χ0) is 24.7. The van der Waals surface area contributed by atoms with E-state index in [0.29, 0.717) is 11.6 Å². The summed E-state index contributed by atoms with van der Waals surface area (Å²) in [5, 5.41) is 4.62. The predicted molar refractivity (Wildman–Crippen MR) is 146 cm³/mol. The van der Waals surface area contributed by atoms with Crippen molar-refractivity contribution < 1.29 is 9.13 Å². The first-order valence-electron chi connectivity index (χ1n) is 11.9. The number of aromatic nitrogens is 3. The molecular formula is C30H24FN3OSi. The third kappa shape index (κ3) is 3.85. The Morgan fingerprint density at radius 2 is 1.42 bits per heavy atom. The standard InChI is InChI=1S/C30H24FN3OSi/c1-36(2,30-8-4-6-18-33-30)24-14-16-28-26(20-24)25-19-23(35-29-7-3-5-17-32-29)13-15-27(25)34(28)22-11-9-21(31)10-12-22/h3-20H,1-2H3. The smallest absolute Gasteiger partial charge is 0.219 e. The fourth-order valence-corrected chi connectivity index (χ4v) is 6.94. The number of hydrogen-bond donors (Lipinski definition) is 0. The van der Waals surface area contributed by atoms with E-state index < -0.39 is 8.07 Å². The van der Waals surface area contributed by atoms with E-state index in [9.17, 15) is 4.39 Å². The van der Waals surface area contributed by atoms with Crippen LogP contribution in [-0.2, 0) is 0 Å². The van der Waals surface area contributed by atoms with Gasteiger partial charge in [-0.3, -0.25) is 4.98 Å². The Morgan fingerprint density at radius 3 is 2.11 bits per heavy atom. The second-order valence-electron chi connectivity index (χ2n) is 9.33. The minimum absolute atomic E-state index is 0.254. The van der Waals surface area contributed by atoms with E-state index in [1.807, 2.05) is 48.7 Å². The van der Waals surface area contributed by atoms with Gasteiger partial charge in [0.05, 0.1) is 11.0 Å². The van der Waals surface area contributed by atoms with Crippen LogP contribution in [-0.4, -0.2) is 22.6 Å². The van der Waals surface area contributed by atoms with Crippen molar-refractivity contribution in [1.29, 1.82) is 0 Å². The molecule has 0 aliphatic rings. The maximum atomic E-state index is 13.7. The first-order valence-corrected chi connectivity index (χ1v) is 14.9. The number of nitrogens with zero attached hydrogens (tertiary/aromatic N) is 3. The van der Waals surface area contributed by atoms with Gasteiger partial charge >= 0.3 is 0 Å². The third-order valence-corrected chi connectivity index (χ3v) is 10.0. The maximum Gasteiger partial charge on any atom is 0.219 e. The van der Waals surface area contributed by atoms with Crippen LogP contribution in [0.1, 0.15) is 0 Å². The van der Waals surface area contributed by atoms with Gasteiger partial charge in [-0.25, -0.2) is 9.37 Å². The van der Waals surface area contributed by atoms with E-state index in [4.69, 9.17) is 4.74 Å². The molecule has 36 heavy (non-hydrogen) atoms. The molecule has 3 aromatic heterocycles. The van der Waals surface area contributed by atoms with Crippen LogP contribution in [0.5, 0.6) is 11.6 Å². The van der Waals surface area contributed by atoms with Gasteiger partial charge < -0.3 is 9.30 Å². The predicted octanol–water partition coefficient (Wildman–Crippen LogP) is 6.33. The van der Waals surface area contributed by atoms with Gasteiger partial charge in [-0.1, -0.05) is 42.5 Å². The van der Waals surface area contributed by atoms with Gasteiger partial charge in [-0.15, -0.1) is 0 Å². The molecule has 0 bridgehead atoms. The van der Waals surface area contributed by atoms with E-state index >= 15 is 0 Å². The van der Waals surface area contributed by atoms with E-state index in [0.717, 1.165) is 32.8 Å². The topological polar surface area (TPSA) is 39.9 Å². The van der Waals surface area contributed by atoms with Crippen molar-refractivity contribution in [3.05, 3.63) is 115 Å². The van der Waals surface area contributed by atoms with Gasteiger partial charge in [-0.2, -0.15) is 0 Å². The Labute approximate surface area is 209 Å². The van der Waals surface area contributed by atoms with Crippen molar-refractivity contribution in [2.45, 2.75) is 13.1 Å². The number of rotatable bonds is 5. The van der Waals surface area contributed by atoms with Gasteiger partial charge in [0.25, 0.3) is 0 Å². The molecule has 0 aliphatic heterocycles. The fraction of sp³-hybridized carbons (Fsp3) is 0.0667. The Hall–Kier alpha value is -4.29. The van der Waals surface area contributed by atoms with Gasteiger partial charge in [0.1, 0.15) is 19.6 Å². The quantitative estimate of drug-likeness (QED) is 0.266. The second-order valence-corrected chi connectivity index (χ2v) is 13.7. The van der Waals surface area contributed by atoms with E-state index in [2.05, 4.69) is 70.1 Å². The lowest BCUT2D eigenvalue weighted by Crippen LogP contribution is -2.54. The monoisotopic (exact) mass is 489 g/mol. The molecule has 0 saturated carbocycles. The van der Waals surface area contributed by atoms with Gasteiger partial charge in [-0.05, 0) is 66.7 Å². The highest BCUT2D eigenvalue weighted by Crippen LogP contribution is 2.35. The molecule has 0 aliphatic carbocycles. The lowest BCUT2D eigenvalue weighted by atomic mass is 10.1. The Morgan fingerprint density at radius 1 is 0.722 bits per heavy atom. The molecule has 176 valence electrons. The van der Waals surface area contributed by atoms with E-state index in [1.165, 1.54) is 17.3 Å². The molecule has 3 heterocycles. The lowest BCUT2D eigenvalue weighted by molar-refractivity contribution is 0.463. The average molecular weight is 490 g/mol. The van der Waals surface area contributed by atoms with Crippen LogP contribution in [0.2, 0.25) is 13.1 Å². The zero-order valence-corrected chi connectivity index (χ0v) is 21.0. The van der Waals surface area contributed by atoms with E-state index in [-0.39, 0.29) is 5.82 Å². The first kappa shape index (κ1) is 22.2. The van der Waals surface area contributed by atoms with Gasteiger partial charge in [0.2, 0.25) is 5.88 Å². The van der Waals surface area contributed by atoms with Crippen molar-refractivity contribution in [3.63, 3.8) is 0 Å². The highest BCUT2D eigenvalue weighted by molar-refractivity contribution is 7.00. The molecule has 0 amide bonds. The molecule has 3 aromatic carbocycles. The van der Waals surface area contributed by atoms with Gasteiger partial charge in [0.15, 0.2) is 0 Å². The molecule has 0 unspecified atom stereocenters. The summed E-state index contributed by atoms with van der Waals surface area (Å²) in [4.78, 5) is 8.98. The van der Waals surface area contributed by atoms with Crippen molar-refractivity contribution >= 4 is 40.4 Å². The minimum atomic E-state index is -2.02. The summed E-state index contributed by atoms with van der Waals surface area (Å²) in [6.07, 6.45) is 3.58. The van der Waals surface area contributed by atoms with Crippen molar-refractivity contribution in [3.8, 4) is 17.3 Å². The van der Waals surface area contributed by atoms with Crippen LogP contribution in [0.15, 0.2) is 109 Å². The largest absolute Gasteiger partial charge is 0.439 e. The summed E-state index contributed by atoms with van der Waals surface area (Å²) >= 11 is 0. The summed E-state index contributed by atoms with van der Waals surface area (Å²) in [5.41, 5.74) is 2.99. The fourth-order valence-electron chi connectivity index (χ4n) is 4.73. The Bertz CT molecular complexity index is 1680. The van der Waals surface area contributed by atoms with E-state index in [1.54, 1.807) is 6.20 Å². The molecule has 0 saturated heterocycles. The third-order valence-electron chi connectivity index (χ3n) is 6.71. The van der Waals surface area contributed by atoms with Crippen LogP contribution < -0.4 is 15.2 Å². The van der Waals surface area contributed by atoms with Crippen molar-refractivity contribution in [2.75, 3.05) is 0 Å². The minimum Gasteiger partial charge on any atom is -0.439 e. The molecule has 6 rings (SSSR count). The highest BCUT2D eigenvalue weighted by atomic mass is 28.3. The number of pyridine rings is 2. The summed E-state index contributed by atoms with van der Waals surface area (Å²) in [7, 11) is -2.02. The number of fused-ring (bicyclic) bond motifs is 3. The molecule has 0 radical (unpaired) electrons. The SMILES string of the molecule is C[Si](C)(c1ccc2c(c1)c1cc(Oc3ccccn3)ccc1n2-c1ccc(F)cc1)c1ccccn1. The number of hydrogen-bond acceptors (Lipinski definition) is 3. The van der Waals surface area contributed by atoms with Gasteiger partial charge in [0, 0.05) is 40.2 Å². The first-order chi connectivity index (χ1) is 17.5. The normalized spacial score (nSPS) is 11.8. The molecule has 0 fully saturated rings. The molecular weight excluding hydrogens is 465 g/mol. The molecule has 4 nitrogen and oxygen atoms in total. The summed E-state index contributed by atoms with van der Waals surface area (Å²) in [5.74, 6) is 1.01. The maximum absolute atomic E-state index is 13.7. The summed E-state index contributed by atoms with van der Waals surface area (Å²) < 4.78 is 22.0. The van der Waals surface area contributed by atoms with Crippen LogP contribution >= 0.6 is 0 Å². The molecule has 0 spiro atoms.